The van der Waals surface area contributed by atoms with Gasteiger partial charge in [-0.15, -0.1) is 10.2 Å². The molecule has 1 N–H and O–H groups in total. The Hall–Kier alpha value is -3.01. The molecule has 38 heavy (non-hydrogen) atoms. The first-order valence-electron chi connectivity index (χ1n) is 13.5. The second-order valence-electron chi connectivity index (χ2n) is 9.82. The Bertz CT molecular complexity index is 1370. The Labute approximate surface area is 228 Å². The molecule has 0 unspecified atom stereocenters. The summed E-state index contributed by atoms with van der Waals surface area (Å²) in [6, 6.07) is 16.9. The molecule has 3 heterocycles. The minimum Gasteiger partial charge on any atom is -0.379 e. The maximum Gasteiger partial charge on any atom is 0.219 e. The summed E-state index contributed by atoms with van der Waals surface area (Å²) in [4.78, 5) is 19.5. The maximum absolute atomic E-state index is 12.2. The second kappa shape index (κ2) is 13.2. The molecule has 0 bridgehead atoms. The van der Waals surface area contributed by atoms with Gasteiger partial charge in [0.05, 0.1) is 18.7 Å². The molecule has 0 radical (unpaired) electrons. The zero-order valence-corrected chi connectivity index (χ0v) is 22.9. The molecular formula is C29H36N6O2S. The summed E-state index contributed by atoms with van der Waals surface area (Å²) in [6.45, 7) is 8.22. The lowest BCUT2D eigenvalue weighted by Crippen LogP contribution is -2.38. The van der Waals surface area contributed by atoms with Crippen LogP contribution in [0.1, 0.15) is 36.8 Å². The van der Waals surface area contributed by atoms with Gasteiger partial charge in [-0.25, -0.2) is 4.98 Å². The Morgan fingerprint density at radius 2 is 1.92 bits per heavy atom. The summed E-state index contributed by atoms with van der Waals surface area (Å²) in [7, 11) is 0. The van der Waals surface area contributed by atoms with Crippen LogP contribution in [0.3, 0.4) is 0 Å². The molecule has 4 aromatic rings. The molecule has 1 amide bonds. The summed E-state index contributed by atoms with van der Waals surface area (Å²) in [5, 5.41) is 13.8. The predicted octanol–water partition coefficient (Wildman–Crippen LogP) is 4.44. The van der Waals surface area contributed by atoms with E-state index in [1.165, 1.54) is 11.1 Å². The monoisotopic (exact) mass is 532 g/mol. The van der Waals surface area contributed by atoms with E-state index in [-0.39, 0.29) is 5.91 Å². The second-order valence-corrected chi connectivity index (χ2v) is 10.9. The van der Waals surface area contributed by atoms with Gasteiger partial charge in [0.15, 0.2) is 5.65 Å². The number of nitrogens with zero attached hydrogens (tertiary/aromatic N) is 5. The average molecular weight is 533 g/mol. The summed E-state index contributed by atoms with van der Waals surface area (Å²) >= 11 is 1.61. The number of fused-ring (bicyclic) bond motifs is 3. The van der Waals surface area contributed by atoms with Crippen molar-refractivity contribution in [2.24, 2.45) is 0 Å². The molecule has 1 aliphatic rings. The molecule has 8 nitrogen and oxygen atoms in total. The number of amides is 1. The molecule has 5 rings (SSSR count). The molecular weight excluding hydrogens is 496 g/mol. The standard InChI is InChI=1S/C29H36N6O2S/c1-22-8-6-9-23(20-22)21-35-25-11-3-2-10-24(25)27-28(35)31-29(33-32-27)38-19-5-4-12-26(36)30-13-7-14-34-15-17-37-18-16-34/h2-3,6,8-11,20H,4-5,7,12-19,21H2,1H3,(H,30,36). The van der Waals surface area contributed by atoms with E-state index in [9.17, 15) is 4.79 Å². The first-order valence-corrected chi connectivity index (χ1v) is 14.5. The number of carbonyl (C=O) groups is 1. The van der Waals surface area contributed by atoms with Gasteiger partial charge in [0.1, 0.15) is 5.52 Å². The quantitative estimate of drug-likeness (QED) is 0.213. The normalized spacial score (nSPS) is 14.3. The average Bonchev–Trinajstić information content (AvgIpc) is 3.24. The highest BCUT2D eigenvalue weighted by molar-refractivity contribution is 7.99. The van der Waals surface area contributed by atoms with Gasteiger partial charge in [-0.1, -0.05) is 59.8 Å². The summed E-state index contributed by atoms with van der Waals surface area (Å²) in [5.74, 6) is 0.993. The lowest BCUT2D eigenvalue weighted by molar-refractivity contribution is -0.121. The van der Waals surface area contributed by atoms with Crippen LogP contribution in [0.25, 0.3) is 22.1 Å². The zero-order valence-electron chi connectivity index (χ0n) is 22.1. The van der Waals surface area contributed by atoms with Crippen molar-refractivity contribution in [2.45, 2.75) is 44.3 Å². The number of carbonyl (C=O) groups excluding carboxylic acids is 1. The fourth-order valence-corrected chi connectivity index (χ4v) is 5.68. The lowest BCUT2D eigenvalue weighted by atomic mass is 10.1. The molecule has 0 atom stereocenters. The third kappa shape index (κ3) is 6.89. The Balaban J connectivity index is 1.12. The molecule has 1 saturated heterocycles. The lowest BCUT2D eigenvalue weighted by Gasteiger charge is -2.26. The number of hydrogen-bond donors (Lipinski definition) is 1. The third-order valence-corrected chi connectivity index (χ3v) is 7.81. The highest BCUT2D eigenvalue weighted by atomic mass is 32.2. The van der Waals surface area contributed by atoms with E-state index in [1.54, 1.807) is 11.8 Å². The molecule has 0 spiro atoms. The molecule has 0 aliphatic carbocycles. The minimum atomic E-state index is 0.136. The number of aryl methyl sites for hydroxylation is 1. The van der Waals surface area contributed by atoms with Gasteiger partial charge < -0.3 is 14.6 Å². The number of morpholine rings is 1. The number of benzene rings is 2. The van der Waals surface area contributed by atoms with Gasteiger partial charge in [-0.05, 0) is 44.4 Å². The fraction of sp³-hybridized carbons (Fsp3) is 0.448. The van der Waals surface area contributed by atoms with Gasteiger partial charge in [-0.3, -0.25) is 9.69 Å². The highest BCUT2D eigenvalue weighted by Crippen LogP contribution is 2.28. The van der Waals surface area contributed by atoms with Crippen LogP contribution in [-0.2, 0) is 16.1 Å². The van der Waals surface area contributed by atoms with Crippen LogP contribution < -0.4 is 5.32 Å². The van der Waals surface area contributed by atoms with Crippen molar-refractivity contribution < 1.29 is 9.53 Å². The van der Waals surface area contributed by atoms with Gasteiger partial charge in [0.2, 0.25) is 11.1 Å². The van der Waals surface area contributed by atoms with Gasteiger partial charge in [0.25, 0.3) is 0 Å². The topological polar surface area (TPSA) is 85.2 Å². The minimum absolute atomic E-state index is 0.136. The number of para-hydroxylation sites is 1. The van der Waals surface area contributed by atoms with Crippen molar-refractivity contribution in [3.8, 4) is 0 Å². The SMILES string of the molecule is Cc1cccc(Cn2c3ccccc3c3nnc(SCCCCC(=O)NCCCN4CCOCC4)nc32)c1. The number of rotatable bonds is 12. The van der Waals surface area contributed by atoms with Crippen LogP contribution in [0.2, 0.25) is 0 Å². The zero-order chi connectivity index (χ0) is 26.2. The van der Waals surface area contributed by atoms with Gasteiger partial charge in [-0.2, -0.15) is 0 Å². The van der Waals surface area contributed by atoms with Gasteiger partial charge >= 0.3 is 0 Å². The highest BCUT2D eigenvalue weighted by Gasteiger charge is 2.15. The Kier molecular flexibility index (Phi) is 9.22. The van der Waals surface area contributed by atoms with Crippen LogP contribution in [0.5, 0.6) is 0 Å². The number of unbranched alkanes of at least 4 members (excludes halogenated alkanes) is 1. The van der Waals surface area contributed by atoms with E-state index >= 15 is 0 Å². The van der Waals surface area contributed by atoms with Crippen molar-refractivity contribution in [3.63, 3.8) is 0 Å². The van der Waals surface area contributed by atoms with Crippen molar-refractivity contribution >= 4 is 39.7 Å². The molecule has 1 aliphatic heterocycles. The van der Waals surface area contributed by atoms with Crippen LogP contribution >= 0.6 is 11.8 Å². The van der Waals surface area contributed by atoms with E-state index in [0.29, 0.717) is 11.6 Å². The summed E-state index contributed by atoms with van der Waals surface area (Å²) < 4.78 is 7.61. The molecule has 2 aromatic carbocycles. The van der Waals surface area contributed by atoms with Crippen LogP contribution in [-0.4, -0.2) is 75.7 Å². The summed E-state index contributed by atoms with van der Waals surface area (Å²) in [6.07, 6.45) is 3.32. The number of hydrogen-bond acceptors (Lipinski definition) is 7. The molecule has 2 aromatic heterocycles. The number of thioether (sulfide) groups is 1. The predicted molar refractivity (Wildman–Crippen MR) is 153 cm³/mol. The molecule has 200 valence electrons. The van der Waals surface area contributed by atoms with E-state index in [2.05, 4.69) is 74.4 Å². The van der Waals surface area contributed by atoms with E-state index in [0.717, 1.165) is 93.0 Å². The van der Waals surface area contributed by atoms with Gasteiger partial charge in [0, 0.05) is 43.7 Å². The van der Waals surface area contributed by atoms with Crippen LogP contribution in [0.15, 0.2) is 53.7 Å². The van der Waals surface area contributed by atoms with E-state index in [1.807, 2.05) is 6.07 Å². The Morgan fingerprint density at radius 1 is 1.05 bits per heavy atom. The molecule has 9 heteroatoms. The van der Waals surface area contributed by atoms with E-state index in [4.69, 9.17) is 9.72 Å². The number of nitrogens with one attached hydrogen (secondary N) is 1. The van der Waals surface area contributed by atoms with Crippen molar-refractivity contribution in [1.82, 2.24) is 30.0 Å². The molecule has 1 fully saturated rings. The smallest absolute Gasteiger partial charge is 0.219 e. The fourth-order valence-electron chi connectivity index (χ4n) is 4.90. The summed E-state index contributed by atoms with van der Waals surface area (Å²) in [5.41, 5.74) is 5.29. The first-order chi connectivity index (χ1) is 18.7. The molecule has 0 saturated carbocycles. The number of aromatic nitrogens is 4. The van der Waals surface area contributed by atoms with Crippen molar-refractivity contribution in [3.05, 3.63) is 59.7 Å². The van der Waals surface area contributed by atoms with Crippen molar-refractivity contribution in [2.75, 3.05) is 45.1 Å². The number of ether oxygens (including phenoxy) is 1. The van der Waals surface area contributed by atoms with Crippen LogP contribution in [0, 0.1) is 6.92 Å². The van der Waals surface area contributed by atoms with Crippen molar-refractivity contribution in [1.29, 1.82) is 0 Å². The largest absolute Gasteiger partial charge is 0.379 e. The Morgan fingerprint density at radius 3 is 2.79 bits per heavy atom. The van der Waals surface area contributed by atoms with E-state index < -0.39 is 0 Å². The first kappa shape index (κ1) is 26.6. The maximum atomic E-state index is 12.2. The third-order valence-electron chi connectivity index (χ3n) is 6.88. The van der Waals surface area contributed by atoms with Crippen LogP contribution in [0.4, 0.5) is 0 Å².